The molecule has 0 amide bonds. The molecule has 0 rings (SSSR count). The van der Waals surface area contributed by atoms with Gasteiger partial charge in [-0.05, 0) is 0 Å². The summed E-state index contributed by atoms with van der Waals surface area (Å²) in [5, 5.41) is 13.9. The highest BCUT2D eigenvalue weighted by atomic mass is 16.6. The minimum Gasteiger partial charge on any atom is -0.471 e. The second-order valence-corrected chi connectivity index (χ2v) is 0.615. The van der Waals surface area contributed by atoms with Crippen LogP contribution in [0.25, 0.3) is 0 Å². The van der Waals surface area contributed by atoms with Gasteiger partial charge in [0, 0.05) is 0 Å². The van der Waals surface area contributed by atoms with E-state index in [1.54, 1.807) is 0 Å². The van der Waals surface area contributed by atoms with Gasteiger partial charge in [0.15, 0.2) is 0 Å². The van der Waals surface area contributed by atoms with E-state index in [0.717, 1.165) is 0 Å². The van der Waals surface area contributed by atoms with Crippen molar-refractivity contribution < 1.29 is 24.5 Å². The van der Waals surface area contributed by atoms with Crippen molar-refractivity contribution in [2.75, 3.05) is 7.11 Å². The maximum atomic E-state index is 8.95. The molecule has 0 aromatic heterocycles. The predicted octanol–water partition coefficient (Wildman–Crippen LogP) is 0.814. The van der Waals surface area contributed by atoms with Gasteiger partial charge in [0.1, 0.15) is 0 Å². The summed E-state index contributed by atoms with van der Waals surface area (Å²) in [6, 6.07) is 0. The van der Waals surface area contributed by atoms with Gasteiger partial charge in [0.2, 0.25) is 0 Å². The molecule has 5 nitrogen and oxygen atoms in total. The predicted molar refractivity (Wildman–Crippen MR) is 35.0 cm³/mol. The van der Waals surface area contributed by atoms with Crippen molar-refractivity contribution in [3.05, 3.63) is 13.2 Å². The minimum absolute atomic E-state index is 0.375. The zero-order valence-electron chi connectivity index (χ0n) is 5.61. The first-order valence-corrected chi connectivity index (χ1v) is 2.03. The average molecular weight is 150 g/mol. The molecule has 10 heavy (non-hydrogen) atoms. The normalized spacial score (nSPS) is 4.90. The maximum absolute atomic E-state index is 8.95. The summed E-state index contributed by atoms with van der Waals surface area (Å²) in [6.07, 6.45) is -1.83. The molecule has 5 heteroatoms. The Morgan fingerprint density at radius 3 is 1.60 bits per heavy atom. The number of carbonyl (C=O) groups is 2. The second kappa shape index (κ2) is 25.9. The molecule has 0 aliphatic carbocycles. The van der Waals surface area contributed by atoms with Crippen molar-refractivity contribution in [3.63, 3.8) is 0 Å². The molecule has 0 aliphatic rings. The summed E-state index contributed by atoms with van der Waals surface area (Å²) in [5.74, 6) is 0. The number of rotatable bonds is 1. The van der Waals surface area contributed by atoms with Gasteiger partial charge in [-0.2, -0.15) is 0 Å². The van der Waals surface area contributed by atoms with E-state index in [1.807, 2.05) is 0 Å². The van der Waals surface area contributed by atoms with Gasteiger partial charge in [-0.25, -0.2) is 4.79 Å². The first kappa shape index (κ1) is 15.8. The first-order valence-electron chi connectivity index (χ1n) is 2.03. The molecular weight excluding hydrogens is 140 g/mol. The lowest BCUT2D eigenvalue weighted by molar-refractivity contribution is -0.126. The fourth-order valence-electron chi connectivity index (χ4n) is 0. The Morgan fingerprint density at radius 2 is 1.60 bits per heavy atom. The van der Waals surface area contributed by atoms with Crippen LogP contribution in [-0.4, -0.2) is 30.0 Å². The molecular formula is C5H10O5. The fourth-order valence-corrected chi connectivity index (χ4v) is 0. The molecule has 0 saturated carbocycles. The molecule has 2 N–H and O–H groups in total. The third-order valence-electron chi connectivity index (χ3n) is 0.0962. The molecule has 0 heterocycles. The highest BCUT2D eigenvalue weighted by Gasteiger charge is 1.70. The Bertz CT molecular complexity index is 76.1. The van der Waals surface area contributed by atoms with Crippen molar-refractivity contribution in [3.8, 4) is 0 Å². The SMILES string of the molecule is C=C.COC=O.O=C(O)O. The van der Waals surface area contributed by atoms with E-state index in [2.05, 4.69) is 17.9 Å². The maximum Gasteiger partial charge on any atom is 0.503 e. The first-order chi connectivity index (χ1) is 4.65. The van der Waals surface area contributed by atoms with E-state index in [1.165, 1.54) is 7.11 Å². The van der Waals surface area contributed by atoms with E-state index >= 15 is 0 Å². The average Bonchev–Trinajstić information content (AvgIpc) is 1.91. The van der Waals surface area contributed by atoms with Gasteiger partial charge in [0.25, 0.3) is 6.47 Å². The monoisotopic (exact) mass is 150 g/mol. The van der Waals surface area contributed by atoms with E-state index in [-0.39, 0.29) is 0 Å². The molecule has 0 aromatic rings. The van der Waals surface area contributed by atoms with Crippen LogP contribution in [0.4, 0.5) is 4.79 Å². The van der Waals surface area contributed by atoms with Crippen LogP contribution in [0.2, 0.25) is 0 Å². The van der Waals surface area contributed by atoms with Crippen LogP contribution < -0.4 is 0 Å². The summed E-state index contributed by atoms with van der Waals surface area (Å²) in [6.45, 7) is 6.38. The second-order valence-electron chi connectivity index (χ2n) is 0.615. The molecule has 0 radical (unpaired) electrons. The van der Waals surface area contributed by atoms with Crippen molar-refractivity contribution in [1.29, 1.82) is 0 Å². The summed E-state index contributed by atoms with van der Waals surface area (Å²) in [7, 11) is 1.31. The molecule has 0 spiro atoms. The summed E-state index contributed by atoms with van der Waals surface area (Å²) < 4.78 is 3.86. The number of hydrogen-bond donors (Lipinski definition) is 2. The lowest BCUT2D eigenvalue weighted by atomic mass is 11.3. The topological polar surface area (TPSA) is 83.8 Å². The molecule has 0 aliphatic heterocycles. The number of carbonyl (C=O) groups excluding carboxylic acids is 1. The zero-order chi connectivity index (χ0) is 8.99. The third-order valence-corrected chi connectivity index (χ3v) is 0.0962. The van der Waals surface area contributed by atoms with Crippen molar-refractivity contribution in [2.45, 2.75) is 0 Å². The fraction of sp³-hybridized carbons (Fsp3) is 0.200. The van der Waals surface area contributed by atoms with Crippen LogP contribution in [0, 0.1) is 0 Å². The minimum atomic E-state index is -1.83. The summed E-state index contributed by atoms with van der Waals surface area (Å²) >= 11 is 0. The van der Waals surface area contributed by atoms with Gasteiger partial charge in [-0.1, -0.05) is 0 Å². The lowest BCUT2D eigenvalue weighted by Gasteiger charge is -1.67. The van der Waals surface area contributed by atoms with Crippen LogP contribution in [0.1, 0.15) is 0 Å². The van der Waals surface area contributed by atoms with Crippen LogP contribution in [-0.2, 0) is 9.53 Å². The largest absolute Gasteiger partial charge is 0.503 e. The summed E-state index contributed by atoms with van der Waals surface area (Å²) in [4.78, 5) is 17.5. The van der Waals surface area contributed by atoms with Crippen molar-refractivity contribution in [1.82, 2.24) is 0 Å². The number of ether oxygens (including phenoxy) is 1. The van der Waals surface area contributed by atoms with Gasteiger partial charge in [-0.15, -0.1) is 13.2 Å². The molecule has 0 bridgehead atoms. The molecule has 0 fully saturated rings. The van der Waals surface area contributed by atoms with Gasteiger partial charge in [0.05, 0.1) is 7.11 Å². The Hall–Kier alpha value is -1.52. The Morgan fingerprint density at radius 1 is 1.50 bits per heavy atom. The standard InChI is InChI=1S/C2H4O2.C2H4.CH2O3/c1-4-2-3;1-2;2-1(3)4/h2H,1H3;1-2H2;(H2,2,3,4). The number of hydrogen-bond acceptors (Lipinski definition) is 3. The smallest absolute Gasteiger partial charge is 0.471 e. The zero-order valence-corrected chi connectivity index (χ0v) is 5.61. The van der Waals surface area contributed by atoms with Gasteiger partial charge >= 0.3 is 6.16 Å². The van der Waals surface area contributed by atoms with E-state index in [9.17, 15) is 0 Å². The van der Waals surface area contributed by atoms with Crippen LogP contribution in [0.5, 0.6) is 0 Å². The number of carboxylic acid groups (broad SMARTS) is 2. The highest BCUT2D eigenvalue weighted by molar-refractivity contribution is 5.53. The van der Waals surface area contributed by atoms with Crippen LogP contribution in [0.15, 0.2) is 13.2 Å². The van der Waals surface area contributed by atoms with Crippen molar-refractivity contribution in [2.24, 2.45) is 0 Å². The van der Waals surface area contributed by atoms with E-state index in [4.69, 9.17) is 19.8 Å². The molecule has 0 unspecified atom stereocenters. The van der Waals surface area contributed by atoms with E-state index < -0.39 is 6.16 Å². The third kappa shape index (κ3) is 720. The summed E-state index contributed by atoms with van der Waals surface area (Å²) in [5.41, 5.74) is 0. The van der Waals surface area contributed by atoms with Crippen LogP contribution in [0.3, 0.4) is 0 Å². The van der Waals surface area contributed by atoms with Gasteiger partial charge in [-0.3, -0.25) is 4.79 Å². The molecule has 0 atom stereocenters. The Labute approximate surface area is 58.5 Å². The van der Waals surface area contributed by atoms with E-state index in [0.29, 0.717) is 6.47 Å². The quantitative estimate of drug-likeness (QED) is 0.427. The highest BCUT2D eigenvalue weighted by Crippen LogP contribution is 1.42. The Balaban J connectivity index is -0.0000000787. The van der Waals surface area contributed by atoms with Crippen molar-refractivity contribution >= 4 is 12.6 Å². The molecule has 60 valence electrons. The molecule has 0 saturated heterocycles. The Kier molecular flexibility index (Phi) is 41.0. The number of methoxy groups -OCH3 is 1. The molecule has 0 aromatic carbocycles. The van der Waals surface area contributed by atoms with Gasteiger partial charge < -0.3 is 14.9 Å². The van der Waals surface area contributed by atoms with Crippen LogP contribution >= 0.6 is 0 Å². The lowest BCUT2D eigenvalue weighted by Crippen LogP contribution is -1.81.